The Labute approximate surface area is 373 Å². The molecule has 0 radical (unpaired) electrons. The van der Waals surface area contributed by atoms with Crippen LogP contribution in [0.4, 0.5) is 0 Å². The fourth-order valence-electron chi connectivity index (χ4n) is 6.74. The lowest BCUT2D eigenvalue weighted by atomic mass is 9.85. The largest absolute Gasteiger partial charge is 0.472 e. The zero-order chi connectivity index (χ0) is 45.7. The highest BCUT2D eigenvalue weighted by Crippen LogP contribution is 2.47. The van der Waals surface area contributed by atoms with Gasteiger partial charge in [0.2, 0.25) is 0 Å². The van der Waals surface area contributed by atoms with E-state index >= 15 is 0 Å². The molecule has 1 aliphatic rings. The van der Waals surface area contributed by atoms with Gasteiger partial charge in [-0.2, -0.15) is 0 Å². The van der Waals surface area contributed by atoms with E-state index < -0.39 is 75.7 Å². The Balaban J connectivity index is 2.51. The third kappa shape index (κ3) is 29.8. The molecule has 0 amide bonds. The Bertz CT molecular complexity index is 1320. The normalized spacial score (nSPS) is 22.4. The molecule has 14 heteroatoms. The second-order valence-corrected chi connectivity index (χ2v) is 17.7. The molecule has 6 unspecified atom stereocenters. The second kappa shape index (κ2) is 37.9. The molecule has 1 aliphatic carbocycles. The number of ether oxygens (including phenoxy) is 2. The van der Waals surface area contributed by atoms with Crippen LogP contribution in [0, 0.1) is 0 Å². The Kier molecular flexibility index (Phi) is 35.2. The maximum absolute atomic E-state index is 12.8. The number of phosphoric acid groups is 1. The van der Waals surface area contributed by atoms with Gasteiger partial charge in [-0.15, -0.1) is 0 Å². The number of rotatable bonds is 38. The Morgan fingerprint density at radius 3 is 1.42 bits per heavy atom. The summed E-state index contributed by atoms with van der Waals surface area (Å²) in [5.74, 6) is -1.18. The summed E-state index contributed by atoms with van der Waals surface area (Å²) in [6.45, 7) is 3.21. The van der Waals surface area contributed by atoms with Crippen molar-refractivity contribution in [1.29, 1.82) is 0 Å². The van der Waals surface area contributed by atoms with Gasteiger partial charge in [0.15, 0.2) is 6.10 Å². The van der Waals surface area contributed by atoms with Crippen molar-refractivity contribution in [2.24, 2.45) is 0 Å². The molecule has 62 heavy (non-hydrogen) atoms. The van der Waals surface area contributed by atoms with E-state index in [2.05, 4.69) is 62.5 Å². The number of aliphatic hydroxyl groups is 5. The molecule has 0 aromatic carbocycles. The van der Waals surface area contributed by atoms with E-state index in [9.17, 15) is 44.6 Å². The van der Waals surface area contributed by atoms with Crippen LogP contribution in [0.3, 0.4) is 0 Å². The van der Waals surface area contributed by atoms with Crippen molar-refractivity contribution in [2.75, 3.05) is 13.2 Å². The summed E-state index contributed by atoms with van der Waals surface area (Å²) < 4.78 is 33.5. The summed E-state index contributed by atoms with van der Waals surface area (Å²) in [6, 6.07) is 0. The van der Waals surface area contributed by atoms with Crippen LogP contribution in [0.5, 0.6) is 0 Å². The van der Waals surface area contributed by atoms with Crippen molar-refractivity contribution in [3.8, 4) is 0 Å². The van der Waals surface area contributed by atoms with Crippen molar-refractivity contribution in [3.05, 3.63) is 60.8 Å². The summed E-state index contributed by atoms with van der Waals surface area (Å²) in [6.07, 6.45) is 32.8. The van der Waals surface area contributed by atoms with Gasteiger partial charge in [-0.25, -0.2) is 4.57 Å². The van der Waals surface area contributed by atoms with Crippen LogP contribution in [0.2, 0.25) is 0 Å². The number of aliphatic hydroxyl groups excluding tert-OH is 5. The number of hydrogen-bond donors (Lipinski definition) is 6. The average molecular weight is 899 g/mol. The van der Waals surface area contributed by atoms with Crippen molar-refractivity contribution < 1.29 is 63.1 Å². The average Bonchev–Trinajstić information content (AvgIpc) is 3.25. The summed E-state index contributed by atoms with van der Waals surface area (Å²) in [4.78, 5) is 35.7. The van der Waals surface area contributed by atoms with Gasteiger partial charge < -0.3 is 39.9 Å². The van der Waals surface area contributed by atoms with E-state index in [-0.39, 0.29) is 12.8 Å². The molecular formula is C48H83O13P. The van der Waals surface area contributed by atoms with Crippen LogP contribution >= 0.6 is 7.82 Å². The first-order valence-electron chi connectivity index (χ1n) is 23.6. The van der Waals surface area contributed by atoms with Crippen molar-refractivity contribution >= 4 is 19.8 Å². The smallest absolute Gasteiger partial charge is 0.462 e. The molecule has 8 atom stereocenters. The third-order valence-corrected chi connectivity index (χ3v) is 11.6. The highest BCUT2D eigenvalue weighted by Gasteiger charge is 2.51. The van der Waals surface area contributed by atoms with E-state index in [1.165, 1.54) is 64.2 Å². The molecule has 0 aliphatic heterocycles. The summed E-state index contributed by atoms with van der Waals surface area (Å²) in [5, 5.41) is 50.1. The van der Waals surface area contributed by atoms with Crippen LogP contribution in [0.25, 0.3) is 0 Å². The highest BCUT2D eigenvalue weighted by atomic mass is 31.2. The quantitative estimate of drug-likeness (QED) is 0.0148. The van der Waals surface area contributed by atoms with Crippen LogP contribution in [0.15, 0.2) is 60.8 Å². The highest BCUT2D eigenvalue weighted by molar-refractivity contribution is 7.47. The fraction of sp³-hybridized carbons (Fsp3) is 0.750. The fourth-order valence-corrected chi connectivity index (χ4v) is 7.72. The predicted octanol–water partition coefficient (Wildman–Crippen LogP) is 9.33. The minimum atomic E-state index is -5.14. The van der Waals surface area contributed by atoms with Crippen molar-refractivity contribution in [1.82, 2.24) is 0 Å². The molecule has 13 nitrogen and oxygen atoms in total. The maximum atomic E-state index is 12.8. The molecule has 1 rings (SSSR count). The molecule has 1 saturated carbocycles. The Morgan fingerprint density at radius 1 is 0.500 bits per heavy atom. The van der Waals surface area contributed by atoms with Gasteiger partial charge in [-0.05, 0) is 77.0 Å². The summed E-state index contributed by atoms with van der Waals surface area (Å²) in [5.41, 5.74) is 0. The minimum absolute atomic E-state index is 0.0172. The number of carbonyl (C=O) groups is 2. The van der Waals surface area contributed by atoms with Crippen LogP contribution in [-0.4, -0.2) is 98.3 Å². The predicted molar refractivity (Wildman–Crippen MR) is 244 cm³/mol. The van der Waals surface area contributed by atoms with E-state index in [0.717, 1.165) is 64.2 Å². The van der Waals surface area contributed by atoms with E-state index in [4.69, 9.17) is 18.5 Å². The molecular weight excluding hydrogens is 815 g/mol. The van der Waals surface area contributed by atoms with Crippen LogP contribution in [0.1, 0.15) is 174 Å². The lowest BCUT2D eigenvalue weighted by molar-refractivity contribution is -0.220. The topological polar surface area (TPSA) is 210 Å². The molecule has 0 aromatic rings. The van der Waals surface area contributed by atoms with E-state index in [1.807, 2.05) is 12.2 Å². The lowest BCUT2D eigenvalue weighted by Gasteiger charge is -2.41. The standard InChI is InChI=1S/C48H83O13P/c1-3-5-7-9-11-13-15-17-19-21-23-25-27-29-31-33-35-37-42(50)60-40(39-59-62(56,57)61-48-46(54)44(52)43(51)45(53)47(48)55)38-58-41(49)36-34-32-30-28-26-24-22-20-18-16-14-12-10-8-6-4-2/h11,13,17,19-20,22-23,25,29,31,40,43-48,51-55H,3-10,12,14-16,18,21,24,26-28,30,32-39H2,1-2H3,(H,56,57)/b13-11-,19-17-,22-20-,25-23-,31-29-/t40-,43?,44-,45?,46?,47?,48?/m1/s1. The third-order valence-electron chi connectivity index (χ3n) is 10.6. The van der Waals surface area contributed by atoms with Gasteiger partial charge in [0.05, 0.1) is 6.61 Å². The van der Waals surface area contributed by atoms with Gasteiger partial charge in [-0.3, -0.25) is 18.6 Å². The molecule has 0 bridgehead atoms. The zero-order valence-corrected chi connectivity index (χ0v) is 38.8. The van der Waals surface area contributed by atoms with Gasteiger partial charge in [-0.1, -0.05) is 145 Å². The van der Waals surface area contributed by atoms with Crippen molar-refractivity contribution in [3.63, 3.8) is 0 Å². The number of esters is 2. The Morgan fingerprint density at radius 2 is 0.887 bits per heavy atom. The van der Waals surface area contributed by atoms with Gasteiger partial charge in [0, 0.05) is 12.8 Å². The number of carbonyl (C=O) groups excluding carboxylic acids is 2. The first-order valence-corrected chi connectivity index (χ1v) is 25.1. The minimum Gasteiger partial charge on any atom is -0.462 e. The van der Waals surface area contributed by atoms with Gasteiger partial charge in [0.25, 0.3) is 0 Å². The molecule has 0 saturated heterocycles. The van der Waals surface area contributed by atoms with E-state index in [1.54, 1.807) is 0 Å². The molecule has 6 N–H and O–H groups in total. The number of hydrogen-bond acceptors (Lipinski definition) is 12. The van der Waals surface area contributed by atoms with Gasteiger partial charge >= 0.3 is 19.8 Å². The Hall–Kier alpha value is -2.45. The monoisotopic (exact) mass is 899 g/mol. The van der Waals surface area contributed by atoms with Gasteiger partial charge in [0.1, 0.15) is 43.2 Å². The SMILES string of the molecule is CCCCC/C=C\C/C=C\C/C=C\C/C=C\CCCC(=O)O[C@H](COC(=O)CCCCCCC/C=C\CCCCCCCCC)COP(=O)(O)OC1C(O)C(O)C(O)[C@@H](O)C1O. The molecule has 1 fully saturated rings. The summed E-state index contributed by atoms with van der Waals surface area (Å²) in [7, 11) is -5.14. The maximum Gasteiger partial charge on any atom is 0.472 e. The number of allylic oxidation sites excluding steroid dienone is 10. The zero-order valence-electron chi connectivity index (χ0n) is 37.9. The molecule has 0 aromatic heterocycles. The second-order valence-electron chi connectivity index (χ2n) is 16.3. The van der Waals surface area contributed by atoms with Crippen LogP contribution in [-0.2, 0) is 32.7 Å². The lowest BCUT2D eigenvalue weighted by Crippen LogP contribution is -2.64. The first kappa shape index (κ1) is 57.6. The van der Waals surface area contributed by atoms with Crippen LogP contribution < -0.4 is 0 Å². The van der Waals surface area contributed by atoms with E-state index in [0.29, 0.717) is 19.3 Å². The number of unbranched alkanes of at least 4 members (excludes halogenated alkanes) is 16. The molecule has 358 valence electrons. The number of phosphoric ester groups is 1. The summed E-state index contributed by atoms with van der Waals surface area (Å²) >= 11 is 0. The molecule has 0 spiro atoms. The first-order chi connectivity index (χ1) is 29.9. The van der Waals surface area contributed by atoms with Crippen molar-refractivity contribution in [2.45, 2.75) is 217 Å². The molecule has 0 heterocycles.